The number of H-pyrrole nitrogens is 3. The first kappa shape index (κ1) is 16.4. The zero-order valence-electron chi connectivity index (χ0n) is 15.9. The standard InChI is InChI=1S/C22H21N7/c1-2-9-29(10-3-1)20-6-4-5-17-15(20)11-19(25-17)22-21-18(27-28-22)8-7-16(26-21)14-12-23-24-13-14/h4-8,11-13,25H,1-3,9-10H2,(H,23,24)(H,27,28). The second-order valence-corrected chi connectivity index (χ2v) is 7.62. The summed E-state index contributed by atoms with van der Waals surface area (Å²) in [6.07, 6.45) is 7.48. The molecule has 7 nitrogen and oxygen atoms in total. The van der Waals surface area contributed by atoms with E-state index in [4.69, 9.17) is 4.98 Å². The monoisotopic (exact) mass is 383 g/mol. The van der Waals surface area contributed by atoms with Gasteiger partial charge in [0.05, 0.1) is 23.1 Å². The topological polar surface area (TPSA) is 89.3 Å². The molecular formula is C22H21N7. The molecule has 0 atom stereocenters. The predicted molar refractivity (Wildman–Crippen MR) is 115 cm³/mol. The van der Waals surface area contributed by atoms with Gasteiger partial charge >= 0.3 is 0 Å². The number of rotatable bonds is 3. The van der Waals surface area contributed by atoms with Crippen LogP contribution >= 0.6 is 0 Å². The highest BCUT2D eigenvalue weighted by atomic mass is 15.1. The van der Waals surface area contributed by atoms with E-state index in [1.165, 1.54) is 30.3 Å². The molecule has 1 aromatic carbocycles. The number of nitrogens with one attached hydrogen (secondary N) is 3. The minimum absolute atomic E-state index is 0.839. The van der Waals surface area contributed by atoms with Gasteiger partial charge in [0.25, 0.3) is 0 Å². The molecule has 1 saturated heterocycles. The van der Waals surface area contributed by atoms with Crippen molar-refractivity contribution in [2.45, 2.75) is 19.3 Å². The van der Waals surface area contributed by atoms with Crippen molar-refractivity contribution >= 4 is 27.6 Å². The highest BCUT2D eigenvalue weighted by Crippen LogP contribution is 2.34. The number of piperidine rings is 1. The van der Waals surface area contributed by atoms with Crippen LogP contribution < -0.4 is 4.90 Å². The number of aromatic amines is 3. The van der Waals surface area contributed by atoms with E-state index in [0.717, 1.165) is 52.3 Å². The Morgan fingerprint density at radius 1 is 0.966 bits per heavy atom. The number of hydrogen-bond acceptors (Lipinski definition) is 4. The lowest BCUT2D eigenvalue weighted by Crippen LogP contribution is -2.29. The maximum atomic E-state index is 4.85. The van der Waals surface area contributed by atoms with E-state index >= 15 is 0 Å². The summed E-state index contributed by atoms with van der Waals surface area (Å²) in [7, 11) is 0. The van der Waals surface area contributed by atoms with Crippen molar-refractivity contribution in [3.8, 4) is 22.6 Å². The van der Waals surface area contributed by atoms with Crippen LogP contribution in [-0.4, -0.2) is 43.5 Å². The van der Waals surface area contributed by atoms with Gasteiger partial charge in [0.2, 0.25) is 0 Å². The van der Waals surface area contributed by atoms with Crippen LogP contribution in [0.4, 0.5) is 5.69 Å². The minimum atomic E-state index is 0.839. The fourth-order valence-corrected chi connectivity index (χ4v) is 4.32. The molecule has 0 aliphatic carbocycles. The number of fused-ring (bicyclic) bond motifs is 2. The van der Waals surface area contributed by atoms with Crippen molar-refractivity contribution in [2.75, 3.05) is 18.0 Å². The highest BCUT2D eigenvalue weighted by Gasteiger charge is 2.18. The van der Waals surface area contributed by atoms with Crippen LogP contribution in [0.15, 0.2) is 48.8 Å². The number of benzene rings is 1. The molecule has 3 N–H and O–H groups in total. The van der Waals surface area contributed by atoms with E-state index in [2.05, 4.69) is 54.5 Å². The van der Waals surface area contributed by atoms with Gasteiger partial charge in [0.15, 0.2) is 0 Å². The number of hydrogen-bond donors (Lipinski definition) is 3. The smallest absolute Gasteiger partial charge is 0.135 e. The molecule has 7 heteroatoms. The molecule has 0 bridgehead atoms. The predicted octanol–water partition coefficient (Wildman–Crippen LogP) is 4.49. The first-order chi connectivity index (χ1) is 14.4. The van der Waals surface area contributed by atoms with E-state index in [1.54, 1.807) is 6.20 Å². The highest BCUT2D eigenvalue weighted by molar-refractivity contribution is 5.99. The summed E-state index contributed by atoms with van der Waals surface area (Å²) in [5, 5.41) is 15.8. The fourth-order valence-electron chi connectivity index (χ4n) is 4.32. The van der Waals surface area contributed by atoms with E-state index in [1.807, 2.05) is 18.3 Å². The average molecular weight is 383 g/mol. The Bertz CT molecular complexity index is 1290. The third-order valence-electron chi connectivity index (χ3n) is 5.79. The third-order valence-corrected chi connectivity index (χ3v) is 5.79. The molecule has 1 fully saturated rings. The molecule has 0 saturated carbocycles. The van der Waals surface area contributed by atoms with Crippen molar-refractivity contribution in [3.63, 3.8) is 0 Å². The van der Waals surface area contributed by atoms with Gasteiger partial charge in [-0.1, -0.05) is 6.07 Å². The Kier molecular flexibility index (Phi) is 3.65. The Morgan fingerprint density at radius 2 is 1.90 bits per heavy atom. The molecule has 5 heterocycles. The van der Waals surface area contributed by atoms with Crippen molar-refractivity contribution < 1.29 is 0 Å². The molecule has 0 amide bonds. The zero-order chi connectivity index (χ0) is 19.2. The fraction of sp³-hybridized carbons (Fsp3) is 0.227. The first-order valence-electron chi connectivity index (χ1n) is 10.1. The number of anilines is 1. The van der Waals surface area contributed by atoms with Crippen LogP contribution in [0.1, 0.15) is 19.3 Å². The summed E-state index contributed by atoms with van der Waals surface area (Å²) in [4.78, 5) is 10.9. The lowest BCUT2D eigenvalue weighted by atomic mass is 10.1. The van der Waals surface area contributed by atoms with Crippen LogP contribution in [0.25, 0.3) is 44.6 Å². The largest absolute Gasteiger partial charge is 0.371 e. The van der Waals surface area contributed by atoms with Crippen LogP contribution in [0.2, 0.25) is 0 Å². The maximum Gasteiger partial charge on any atom is 0.135 e. The molecule has 5 aromatic rings. The van der Waals surface area contributed by atoms with Gasteiger partial charge in [0.1, 0.15) is 11.2 Å². The van der Waals surface area contributed by atoms with Gasteiger partial charge in [-0.2, -0.15) is 10.2 Å². The average Bonchev–Trinajstić information content (AvgIpc) is 3.52. The number of aromatic nitrogens is 6. The van der Waals surface area contributed by atoms with Crippen molar-refractivity contribution in [3.05, 3.63) is 48.8 Å². The van der Waals surface area contributed by atoms with Gasteiger partial charge in [-0.25, -0.2) is 4.98 Å². The summed E-state index contributed by atoms with van der Waals surface area (Å²) in [6.45, 7) is 2.25. The summed E-state index contributed by atoms with van der Waals surface area (Å²) in [6, 6.07) is 12.7. The summed E-state index contributed by atoms with van der Waals surface area (Å²) in [5.74, 6) is 0. The second-order valence-electron chi connectivity index (χ2n) is 7.62. The van der Waals surface area contributed by atoms with E-state index in [-0.39, 0.29) is 0 Å². The van der Waals surface area contributed by atoms with Crippen molar-refractivity contribution in [2.24, 2.45) is 0 Å². The molecule has 0 unspecified atom stereocenters. The minimum Gasteiger partial charge on any atom is -0.371 e. The van der Waals surface area contributed by atoms with Crippen molar-refractivity contribution in [1.29, 1.82) is 0 Å². The SMILES string of the molecule is c1cc(N2CCCCC2)c2cc(-c3n[nH]c4ccc(-c5cn[nH]c5)nc34)[nH]c2c1. The second kappa shape index (κ2) is 6.48. The third kappa shape index (κ3) is 2.69. The molecule has 0 spiro atoms. The molecule has 0 radical (unpaired) electrons. The van der Waals surface area contributed by atoms with E-state index in [0.29, 0.717) is 0 Å². The molecule has 6 rings (SSSR count). The lowest BCUT2D eigenvalue weighted by molar-refractivity contribution is 0.579. The molecule has 144 valence electrons. The van der Waals surface area contributed by atoms with Gasteiger partial charge < -0.3 is 9.88 Å². The van der Waals surface area contributed by atoms with Crippen LogP contribution in [0.5, 0.6) is 0 Å². The Morgan fingerprint density at radius 3 is 2.76 bits per heavy atom. The van der Waals surface area contributed by atoms with Gasteiger partial charge in [0, 0.05) is 41.4 Å². The van der Waals surface area contributed by atoms with Crippen LogP contribution in [0, 0.1) is 0 Å². The molecule has 29 heavy (non-hydrogen) atoms. The van der Waals surface area contributed by atoms with Crippen LogP contribution in [0.3, 0.4) is 0 Å². The number of nitrogens with zero attached hydrogens (tertiary/aromatic N) is 4. The number of pyridine rings is 1. The Balaban J connectivity index is 1.48. The first-order valence-corrected chi connectivity index (χ1v) is 10.1. The van der Waals surface area contributed by atoms with E-state index in [9.17, 15) is 0 Å². The van der Waals surface area contributed by atoms with Gasteiger partial charge in [-0.15, -0.1) is 0 Å². The summed E-state index contributed by atoms with van der Waals surface area (Å²) >= 11 is 0. The van der Waals surface area contributed by atoms with Crippen LogP contribution in [-0.2, 0) is 0 Å². The molecular weight excluding hydrogens is 362 g/mol. The Hall–Kier alpha value is -3.61. The van der Waals surface area contributed by atoms with Gasteiger partial charge in [-0.3, -0.25) is 10.2 Å². The van der Waals surface area contributed by atoms with Gasteiger partial charge in [-0.05, 0) is 49.6 Å². The quantitative estimate of drug-likeness (QED) is 0.428. The maximum absolute atomic E-state index is 4.85. The summed E-state index contributed by atoms with van der Waals surface area (Å²) in [5.41, 5.74) is 7.86. The molecule has 1 aliphatic rings. The van der Waals surface area contributed by atoms with E-state index < -0.39 is 0 Å². The molecule has 4 aromatic heterocycles. The summed E-state index contributed by atoms with van der Waals surface area (Å²) < 4.78 is 0. The molecule has 1 aliphatic heterocycles. The van der Waals surface area contributed by atoms with Crippen molar-refractivity contribution in [1.82, 2.24) is 30.4 Å². The Labute approximate surface area is 167 Å². The zero-order valence-corrected chi connectivity index (χ0v) is 15.9. The normalized spacial score (nSPS) is 14.8. The lowest BCUT2D eigenvalue weighted by Gasteiger charge is -2.29.